The summed E-state index contributed by atoms with van der Waals surface area (Å²) in [6.45, 7) is 0. The van der Waals surface area contributed by atoms with Crippen LogP contribution < -0.4 is 0 Å². The molecule has 0 unspecified atom stereocenters. The van der Waals surface area contributed by atoms with Crippen LogP contribution in [-0.2, 0) is 6.42 Å². The molecule has 0 aliphatic heterocycles. The highest BCUT2D eigenvalue weighted by molar-refractivity contribution is 14.1. The predicted molar refractivity (Wildman–Crippen MR) is 71.5 cm³/mol. The molecule has 0 N–H and O–H groups in total. The zero-order chi connectivity index (χ0) is 11.5. The van der Waals surface area contributed by atoms with Crippen molar-refractivity contribution in [1.29, 1.82) is 0 Å². The molecule has 0 saturated heterocycles. The largest absolute Gasteiger partial charge is 0.294 e. The molecule has 2 aromatic rings. The van der Waals surface area contributed by atoms with Crippen molar-refractivity contribution in [3.05, 3.63) is 55.5 Å². The lowest BCUT2D eigenvalue weighted by Crippen LogP contribution is -2.05. The van der Waals surface area contributed by atoms with E-state index in [0.717, 1.165) is 5.56 Å². The Morgan fingerprint density at radius 3 is 2.81 bits per heavy atom. The lowest BCUT2D eigenvalue weighted by molar-refractivity contribution is 0.0992. The molecule has 16 heavy (non-hydrogen) atoms. The molecule has 1 aromatic carbocycles. The third-order valence-electron chi connectivity index (χ3n) is 2.18. The molecule has 0 aliphatic rings. The number of carbonyl (C=O) groups is 1. The van der Waals surface area contributed by atoms with Crippen LogP contribution in [0.4, 0.5) is 4.39 Å². The Labute approximate surface area is 110 Å². The molecule has 4 heteroatoms. The van der Waals surface area contributed by atoms with Gasteiger partial charge >= 0.3 is 0 Å². The first-order valence-electron chi connectivity index (χ1n) is 4.66. The Hall–Kier alpha value is -0.750. The third-order valence-corrected chi connectivity index (χ3v) is 3.80. The molecule has 0 atom stereocenters. The predicted octanol–water partition coefficient (Wildman–Crippen LogP) is 3.92. The normalized spacial score (nSPS) is 10.4. The van der Waals surface area contributed by atoms with Crippen LogP contribution in [0.15, 0.2) is 35.0 Å². The summed E-state index contributed by atoms with van der Waals surface area (Å²) in [5.74, 6) is -0.278. The van der Waals surface area contributed by atoms with E-state index in [9.17, 15) is 9.18 Å². The smallest absolute Gasteiger partial charge is 0.168 e. The maximum Gasteiger partial charge on any atom is 0.168 e. The van der Waals surface area contributed by atoms with Crippen molar-refractivity contribution in [1.82, 2.24) is 0 Å². The number of halogens is 2. The van der Waals surface area contributed by atoms with Crippen molar-refractivity contribution in [2.45, 2.75) is 6.42 Å². The second kappa shape index (κ2) is 5.05. The van der Waals surface area contributed by atoms with Crippen LogP contribution >= 0.6 is 33.9 Å². The summed E-state index contributed by atoms with van der Waals surface area (Å²) in [5, 5.41) is 3.90. The van der Waals surface area contributed by atoms with E-state index in [1.807, 2.05) is 39.4 Å². The first-order chi connectivity index (χ1) is 7.66. The highest BCUT2D eigenvalue weighted by atomic mass is 127. The molecule has 0 amide bonds. The minimum atomic E-state index is -0.309. The van der Waals surface area contributed by atoms with Crippen molar-refractivity contribution in [3.8, 4) is 0 Å². The first kappa shape index (κ1) is 11.7. The maximum atomic E-state index is 12.9. The summed E-state index contributed by atoms with van der Waals surface area (Å²) in [5.41, 5.74) is 1.60. The summed E-state index contributed by atoms with van der Waals surface area (Å²) >= 11 is 3.55. The second-order valence-electron chi connectivity index (χ2n) is 3.36. The Kier molecular flexibility index (Phi) is 3.70. The summed E-state index contributed by atoms with van der Waals surface area (Å²) in [6, 6.07) is 6.18. The number of Topliss-reactive ketones (excluding diaryl/α,β-unsaturated/α-hetero) is 1. The number of carbonyl (C=O) groups excluding carboxylic acids is 1. The molecule has 1 heterocycles. The molecule has 2 rings (SSSR count). The molecule has 0 radical (unpaired) electrons. The van der Waals surface area contributed by atoms with E-state index >= 15 is 0 Å². The number of benzene rings is 1. The maximum absolute atomic E-state index is 12.9. The van der Waals surface area contributed by atoms with Crippen molar-refractivity contribution < 1.29 is 9.18 Å². The van der Waals surface area contributed by atoms with E-state index < -0.39 is 0 Å². The zero-order valence-corrected chi connectivity index (χ0v) is 11.2. The molecule has 1 nitrogen and oxygen atoms in total. The Bertz CT molecular complexity index is 508. The van der Waals surface area contributed by atoms with Crippen molar-refractivity contribution in [3.63, 3.8) is 0 Å². The van der Waals surface area contributed by atoms with Crippen LogP contribution in [0.25, 0.3) is 0 Å². The van der Waals surface area contributed by atoms with Crippen LogP contribution in [0.3, 0.4) is 0 Å². The minimum Gasteiger partial charge on any atom is -0.294 e. The Morgan fingerprint density at radius 2 is 2.19 bits per heavy atom. The molecule has 1 aromatic heterocycles. The van der Waals surface area contributed by atoms with Gasteiger partial charge in [-0.15, -0.1) is 0 Å². The van der Waals surface area contributed by atoms with Gasteiger partial charge in [0, 0.05) is 15.6 Å². The molecule has 0 saturated carbocycles. The number of hydrogen-bond acceptors (Lipinski definition) is 2. The van der Waals surface area contributed by atoms with Gasteiger partial charge in [0.2, 0.25) is 0 Å². The zero-order valence-electron chi connectivity index (χ0n) is 8.24. The van der Waals surface area contributed by atoms with E-state index in [1.54, 1.807) is 17.4 Å². The van der Waals surface area contributed by atoms with Gasteiger partial charge in [-0.1, -0.05) is 0 Å². The average Bonchev–Trinajstić information content (AvgIpc) is 2.70. The lowest BCUT2D eigenvalue weighted by atomic mass is 10.1. The SMILES string of the molecule is O=C(Cc1ccsc1)c1ccc(F)cc1I. The van der Waals surface area contributed by atoms with Gasteiger partial charge in [-0.3, -0.25) is 4.79 Å². The molecule has 82 valence electrons. The molecule has 0 aliphatic carbocycles. The molecule has 0 spiro atoms. The molecular formula is C12H8FIOS. The number of ketones is 1. The van der Waals surface area contributed by atoms with E-state index in [4.69, 9.17) is 0 Å². The van der Waals surface area contributed by atoms with Crippen LogP contribution in [0.5, 0.6) is 0 Å². The van der Waals surface area contributed by atoms with Crippen molar-refractivity contribution >= 4 is 39.7 Å². The second-order valence-corrected chi connectivity index (χ2v) is 5.30. The first-order valence-corrected chi connectivity index (χ1v) is 6.68. The van der Waals surface area contributed by atoms with Gasteiger partial charge < -0.3 is 0 Å². The van der Waals surface area contributed by atoms with Gasteiger partial charge in [0.25, 0.3) is 0 Å². The van der Waals surface area contributed by atoms with Gasteiger partial charge in [0.05, 0.1) is 0 Å². The fraction of sp³-hybridized carbons (Fsp3) is 0.0833. The summed E-state index contributed by atoms with van der Waals surface area (Å²) in [4.78, 5) is 11.9. The number of thiophene rings is 1. The van der Waals surface area contributed by atoms with E-state index in [-0.39, 0.29) is 11.6 Å². The quantitative estimate of drug-likeness (QED) is 0.608. The summed E-state index contributed by atoms with van der Waals surface area (Å²) in [6.07, 6.45) is 0.380. The molecular weight excluding hydrogens is 338 g/mol. The van der Waals surface area contributed by atoms with Crippen LogP contribution in [0.2, 0.25) is 0 Å². The highest BCUT2D eigenvalue weighted by Crippen LogP contribution is 2.17. The van der Waals surface area contributed by atoms with Crippen LogP contribution in [0.1, 0.15) is 15.9 Å². The number of rotatable bonds is 3. The molecule has 0 fully saturated rings. The monoisotopic (exact) mass is 346 g/mol. The van der Waals surface area contributed by atoms with Crippen molar-refractivity contribution in [2.75, 3.05) is 0 Å². The molecule has 0 bridgehead atoms. The Balaban J connectivity index is 2.21. The van der Waals surface area contributed by atoms with Gasteiger partial charge in [-0.05, 0) is 63.2 Å². The summed E-state index contributed by atoms with van der Waals surface area (Å²) < 4.78 is 13.5. The fourth-order valence-electron chi connectivity index (χ4n) is 1.39. The highest BCUT2D eigenvalue weighted by Gasteiger charge is 2.11. The lowest BCUT2D eigenvalue weighted by Gasteiger charge is -2.02. The van der Waals surface area contributed by atoms with E-state index in [2.05, 4.69) is 0 Å². The summed E-state index contributed by atoms with van der Waals surface area (Å²) in [7, 11) is 0. The number of hydrogen-bond donors (Lipinski definition) is 0. The van der Waals surface area contributed by atoms with Crippen molar-refractivity contribution in [2.24, 2.45) is 0 Å². The standard InChI is InChI=1S/C12H8FIOS/c13-9-1-2-10(11(14)6-9)12(15)5-8-3-4-16-7-8/h1-4,6-7H,5H2. The minimum absolute atomic E-state index is 0.0304. The van der Waals surface area contributed by atoms with Crippen LogP contribution in [0, 0.1) is 9.39 Å². The van der Waals surface area contributed by atoms with Crippen LogP contribution in [-0.4, -0.2) is 5.78 Å². The average molecular weight is 346 g/mol. The topological polar surface area (TPSA) is 17.1 Å². The fourth-order valence-corrected chi connectivity index (χ4v) is 2.84. The van der Waals surface area contributed by atoms with E-state index in [0.29, 0.717) is 15.6 Å². The van der Waals surface area contributed by atoms with Gasteiger partial charge in [-0.2, -0.15) is 11.3 Å². The van der Waals surface area contributed by atoms with Gasteiger partial charge in [0.15, 0.2) is 5.78 Å². The van der Waals surface area contributed by atoms with Gasteiger partial charge in [-0.25, -0.2) is 4.39 Å². The van der Waals surface area contributed by atoms with E-state index in [1.165, 1.54) is 12.1 Å². The Morgan fingerprint density at radius 1 is 1.38 bits per heavy atom. The van der Waals surface area contributed by atoms with Gasteiger partial charge in [0.1, 0.15) is 5.82 Å². The third kappa shape index (κ3) is 2.68.